The summed E-state index contributed by atoms with van der Waals surface area (Å²) in [5, 5.41) is 3.17. The number of aromatic amines is 1. The fraction of sp³-hybridized carbons (Fsp3) is 0.125. The Balaban J connectivity index is 1.61. The molecule has 32 heavy (non-hydrogen) atoms. The zero-order valence-corrected chi connectivity index (χ0v) is 18.0. The Hall–Kier alpha value is -3.62. The van der Waals surface area contributed by atoms with Crippen molar-refractivity contribution in [3.63, 3.8) is 0 Å². The van der Waals surface area contributed by atoms with E-state index in [-0.39, 0.29) is 16.4 Å². The number of hydrogen-bond donors (Lipinski definition) is 2. The molecule has 8 heteroatoms. The van der Waals surface area contributed by atoms with Gasteiger partial charge in [0.25, 0.3) is 11.5 Å². The summed E-state index contributed by atoms with van der Waals surface area (Å²) in [6, 6.07) is 18.3. The van der Waals surface area contributed by atoms with E-state index in [1.165, 1.54) is 24.3 Å². The molecule has 0 saturated carbocycles. The molecule has 1 heterocycles. The zero-order chi connectivity index (χ0) is 22.7. The van der Waals surface area contributed by atoms with E-state index in [0.29, 0.717) is 29.6 Å². The highest BCUT2D eigenvalue weighted by molar-refractivity contribution is 7.71. The number of aromatic nitrogens is 2. The average Bonchev–Trinajstić information content (AvgIpc) is 2.79. The molecule has 0 atom stereocenters. The van der Waals surface area contributed by atoms with Crippen molar-refractivity contribution in [1.29, 1.82) is 0 Å². The monoisotopic (exact) mass is 449 g/mol. The minimum absolute atomic E-state index is 0.0418. The Morgan fingerprint density at radius 3 is 2.66 bits per heavy atom. The Kier molecular flexibility index (Phi) is 6.25. The van der Waals surface area contributed by atoms with Crippen LogP contribution in [0.1, 0.15) is 21.5 Å². The molecule has 1 aromatic heterocycles. The first-order chi connectivity index (χ1) is 15.5. The number of rotatable bonds is 6. The number of benzene rings is 3. The number of para-hydroxylation sites is 1. The molecule has 4 rings (SSSR count). The van der Waals surface area contributed by atoms with Crippen molar-refractivity contribution in [1.82, 2.24) is 14.9 Å². The van der Waals surface area contributed by atoms with Crippen molar-refractivity contribution in [2.24, 2.45) is 0 Å². The summed E-state index contributed by atoms with van der Waals surface area (Å²) in [5.41, 5.74) is 2.35. The maximum absolute atomic E-state index is 14.2. The van der Waals surface area contributed by atoms with E-state index in [2.05, 4.69) is 10.3 Å². The third-order valence-corrected chi connectivity index (χ3v) is 5.29. The lowest BCUT2D eigenvalue weighted by atomic mass is 10.1. The summed E-state index contributed by atoms with van der Waals surface area (Å²) in [6.07, 6.45) is 0. The Bertz CT molecular complexity index is 1430. The molecular formula is C24H20FN3O3S. The Morgan fingerprint density at radius 1 is 1.09 bits per heavy atom. The number of nitrogens with zero attached hydrogens (tertiary/aromatic N) is 1. The van der Waals surface area contributed by atoms with Crippen LogP contribution in [0.25, 0.3) is 16.6 Å². The number of fused-ring (bicyclic) bond motifs is 1. The number of H-pyrrole nitrogens is 1. The molecule has 2 N–H and O–H groups in total. The molecule has 3 aromatic carbocycles. The molecule has 0 aliphatic carbocycles. The van der Waals surface area contributed by atoms with Gasteiger partial charge in [-0.1, -0.05) is 36.4 Å². The van der Waals surface area contributed by atoms with Gasteiger partial charge in [-0.15, -0.1) is 0 Å². The lowest BCUT2D eigenvalue weighted by Gasteiger charge is -2.10. The summed E-state index contributed by atoms with van der Waals surface area (Å²) in [5.74, 6) is -0.847. The van der Waals surface area contributed by atoms with Gasteiger partial charge in [0.15, 0.2) is 4.77 Å². The number of carbonyl (C=O) groups excluding carboxylic acids is 1. The van der Waals surface area contributed by atoms with Crippen molar-refractivity contribution >= 4 is 29.0 Å². The lowest BCUT2D eigenvalue weighted by molar-refractivity contribution is 0.0951. The van der Waals surface area contributed by atoms with Crippen LogP contribution in [0.2, 0.25) is 0 Å². The minimum Gasteiger partial charge on any atom is -0.380 e. The summed E-state index contributed by atoms with van der Waals surface area (Å²) in [4.78, 5) is 28.6. The predicted octanol–water partition coefficient (Wildman–Crippen LogP) is 4.26. The molecule has 0 radical (unpaired) electrons. The second kappa shape index (κ2) is 9.25. The van der Waals surface area contributed by atoms with Gasteiger partial charge in [-0.3, -0.25) is 9.59 Å². The van der Waals surface area contributed by atoms with Gasteiger partial charge >= 0.3 is 0 Å². The van der Waals surface area contributed by atoms with Crippen molar-refractivity contribution in [2.75, 3.05) is 7.11 Å². The van der Waals surface area contributed by atoms with Crippen LogP contribution in [0.3, 0.4) is 0 Å². The van der Waals surface area contributed by atoms with E-state index in [1.807, 2.05) is 24.3 Å². The summed E-state index contributed by atoms with van der Waals surface area (Å²) in [7, 11) is 1.63. The summed E-state index contributed by atoms with van der Waals surface area (Å²) >= 11 is 5.30. The van der Waals surface area contributed by atoms with Gasteiger partial charge in [0.1, 0.15) is 5.82 Å². The van der Waals surface area contributed by atoms with Crippen LogP contribution < -0.4 is 10.9 Å². The zero-order valence-electron chi connectivity index (χ0n) is 17.2. The van der Waals surface area contributed by atoms with Crippen LogP contribution in [0.5, 0.6) is 0 Å². The number of amides is 1. The lowest BCUT2D eigenvalue weighted by Crippen LogP contribution is -2.24. The standard InChI is InChI=1S/C24H20FN3O3S/c1-31-14-16-6-4-5-15(11-16)13-26-22(29)17-9-10-18-20(12-17)27-24(32)28(23(18)30)21-8-3-2-7-19(21)25/h2-12H,13-14H2,1H3,(H,26,29)(H,27,32). The van der Waals surface area contributed by atoms with Gasteiger partial charge < -0.3 is 15.0 Å². The molecule has 162 valence electrons. The maximum atomic E-state index is 14.2. The van der Waals surface area contributed by atoms with Gasteiger partial charge in [0.2, 0.25) is 0 Å². The molecule has 6 nitrogen and oxygen atoms in total. The van der Waals surface area contributed by atoms with Gasteiger partial charge in [0.05, 0.1) is 23.2 Å². The van der Waals surface area contributed by atoms with Gasteiger partial charge in [-0.25, -0.2) is 8.96 Å². The first-order valence-corrected chi connectivity index (χ1v) is 10.3. The maximum Gasteiger partial charge on any atom is 0.266 e. The third kappa shape index (κ3) is 4.37. The first-order valence-electron chi connectivity index (χ1n) is 9.87. The third-order valence-electron chi connectivity index (χ3n) is 5.01. The topological polar surface area (TPSA) is 76.1 Å². The fourth-order valence-corrected chi connectivity index (χ4v) is 3.78. The van der Waals surface area contributed by atoms with Crippen molar-refractivity contribution < 1.29 is 13.9 Å². The highest BCUT2D eigenvalue weighted by Crippen LogP contribution is 2.16. The predicted molar refractivity (Wildman–Crippen MR) is 123 cm³/mol. The van der Waals surface area contributed by atoms with Gasteiger partial charge in [0, 0.05) is 19.2 Å². The van der Waals surface area contributed by atoms with E-state index >= 15 is 0 Å². The quantitative estimate of drug-likeness (QED) is 0.431. The number of carbonyl (C=O) groups is 1. The number of nitrogens with one attached hydrogen (secondary N) is 2. The average molecular weight is 450 g/mol. The minimum atomic E-state index is -0.556. The van der Waals surface area contributed by atoms with Crippen LogP contribution in [0, 0.1) is 10.6 Å². The molecule has 1 amide bonds. The molecule has 0 aliphatic heterocycles. The molecule has 0 saturated heterocycles. The molecule has 0 bridgehead atoms. The van der Waals surface area contributed by atoms with E-state index < -0.39 is 11.4 Å². The molecule has 0 spiro atoms. The van der Waals surface area contributed by atoms with E-state index in [9.17, 15) is 14.0 Å². The Morgan fingerprint density at radius 2 is 1.88 bits per heavy atom. The van der Waals surface area contributed by atoms with E-state index in [4.69, 9.17) is 17.0 Å². The summed E-state index contributed by atoms with van der Waals surface area (Å²) < 4.78 is 20.5. The van der Waals surface area contributed by atoms with Crippen molar-refractivity contribution in [3.8, 4) is 5.69 Å². The van der Waals surface area contributed by atoms with Crippen LogP contribution >= 0.6 is 12.2 Å². The second-order valence-corrected chi connectivity index (χ2v) is 7.60. The SMILES string of the molecule is COCc1cccc(CNC(=O)c2ccc3c(=O)n(-c4ccccc4F)c(=S)[nH]c3c2)c1. The number of ether oxygens (including phenoxy) is 1. The van der Waals surface area contributed by atoms with Crippen molar-refractivity contribution in [2.45, 2.75) is 13.2 Å². The number of halogens is 1. The molecular weight excluding hydrogens is 429 g/mol. The van der Waals surface area contributed by atoms with Crippen molar-refractivity contribution in [3.05, 3.63) is 104 Å². The highest BCUT2D eigenvalue weighted by atomic mass is 32.1. The number of hydrogen-bond acceptors (Lipinski definition) is 4. The van der Waals surface area contributed by atoms with Crippen LogP contribution in [0.4, 0.5) is 4.39 Å². The normalized spacial score (nSPS) is 10.9. The smallest absolute Gasteiger partial charge is 0.266 e. The van der Waals surface area contributed by atoms with E-state index in [1.54, 1.807) is 25.3 Å². The molecule has 0 fully saturated rings. The van der Waals surface area contributed by atoms with Gasteiger partial charge in [-0.05, 0) is 53.7 Å². The highest BCUT2D eigenvalue weighted by Gasteiger charge is 2.13. The molecule has 0 unspecified atom stereocenters. The van der Waals surface area contributed by atoms with Gasteiger partial charge in [-0.2, -0.15) is 0 Å². The largest absolute Gasteiger partial charge is 0.380 e. The Labute approximate surface area is 188 Å². The molecule has 4 aromatic rings. The first kappa shape index (κ1) is 21.6. The second-order valence-electron chi connectivity index (χ2n) is 7.22. The summed E-state index contributed by atoms with van der Waals surface area (Å²) in [6.45, 7) is 0.843. The molecule has 0 aliphatic rings. The fourth-order valence-electron chi connectivity index (χ4n) is 3.49. The number of methoxy groups -OCH3 is 1. The van der Waals surface area contributed by atoms with Crippen LogP contribution in [0.15, 0.2) is 71.5 Å². The van der Waals surface area contributed by atoms with E-state index in [0.717, 1.165) is 15.7 Å². The van der Waals surface area contributed by atoms with Crippen LogP contribution in [-0.2, 0) is 17.9 Å². The van der Waals surface area contributed by atoms with Crippen LogP contribution in [-0.4, -0.2) is 22.6 Å².